The van der Waals surface area contributed by atoms with E-state index in [9.17, 15) is 19.2 Å². The average molecular weight is 415 g/mol. The molecule has 2 heterocycles. The average Bonchev–Trinajstić information content (AvgIpc) is 2.92. The van der Waals surface area contributed by atoms with Gasteiger partial charge in [-0.2, -0.15) is 0 Å². The van der Waals surface area contributed by atoms with E-state index in [4.69, 9.17) is 4.74 Å². The Hall–Kier alpha value is -2.90. The van der Waals surface area contributed by atoms with E-state index in [0.29, 0.717) is 24.1 Å². The van der Waals surface area contributed by atoms with Crippen LogP contribution in [0.1, 0.15) is 74.6 Å². The number of amides is 4. The molecule has 0 bridgehead atoms. The minimum atomic E-state index is -0.997. The van der Waals surface area contributed by atoms with E-state index in [1.165, 1.54) is 10.0 Å². The SMILES string of the molecule is CC[C@@H](C(=O)N1C(C)CCCN1C(=O)OC(C)(C)C)N1C(=O)c2ccccc2C1=O. The summed E-state index contributed by atoms with van der Waals surface area (Å²) in [4.78, 5) is 53.2. The van der Waals surface area contributed by atoms with Crippen LogP contribution in [0.15, 0.2) is 24.3 Å². The van der Waals surface area contributed by atoms with Crippen LogP contribution in [-0.4, -0.2) is 63.0 Å². The first kappa shape index (κ1) is 21.8. The minimum absolute atomic E-state index is 0.246. The summed E-state index contributed by atoms with van der Waals surface area (Å²) in [5, 5.41) is 2.68. The van der Waals surface area contributed by atoms with Gasteiger partial charge in [0.25, 0.3) is 17.7 Å². The highest BCUT2D eigenvalue weighted by Crippen LogP contribution is 2.29. The first-order chi connectivity index (χ1) is 14.1. The first-order valence-corrected chi connectivity index (χ1v) is 10.4. The van der Waals surface area contributed by atoms with Crippen LogP contribution in [0.2, 0.25) is 0 Å². The summed E-state index contributed by atoms with van der Waals surface area (Å²) in [6.07, 6.45) is 1.08. The van der Waals surface area contributed by atoms with Crippen molar-refractivity contribution in [2.24, 2.45) is 0 Å². The molecule has 3 rings (SSSR count). The van der Waals surface area contributed by atoms with Crippen LogP contribution in [-0.2, 0) is 9.53 Å². The molecule has 0 aliphatic carbocycles. The molecule has 0 saturated carbocycles. The summed E-state index contributed by atoms with van der Waals surface area (Å²) in [6, 6.07) is 5.29. The van der Waals surface area contributed by atoms with Crippen molar-refractivity contribution in [1.29, 1.82) is 0 Å². The molecule has 8 nitrogen and oxygen atoms in total. The molecule has 4 amide bonds. The number of ether oxygens (including phenoxy) is 1. The fourth-order valence-electron chi connectivity index (χ4n) is 3.95. The molecule has 162 valence electrons. The number of fused-ring (bicyclic) bond motifs is 1. The van der Waals surface area contributed by atoms with E-state index in [0.717, 1.165) is 11.3 Å². The molecule has 2 atom stereocenters. The third kappa shape index (κ3) is 3.91. The molecule has 0 aromatic heterocycles. The summed E-state index contributed by atoms with van der Waals surface area (Å²) >= 11 is 0. The van der Waals surface area contributed by atoms with Crippen LogP contribution in [0.3, 0.4) is 0 Å². The van der Waals surface area contributed by atoms with Crippen LogP contribution in [0, 0.1) is 0 Å². The van der Waals surface area contributed by atoms with Crippen LogP contribution in [0.25, 0.3) is 0 Å². The molecule has 8 heteroatoms. The van der Waals surface area contributed by atoms with Crippen molar-refractivity contribution in [3.63, 3.8) is 0 Å². The minimum Gasteiger partial charge on any atom is -0.442 e. The Bertz CT molecular complexity index is 841. The predicted octanol–water partition coefficient (Wildman–Crippen LogP) is 3.22. The Balaban J connectivity index is 1.90. The van der Waals surface area contributed by atoms with E-state index >= 15 is 0 Å². The van der Waals surface area contributed by atoms with Crippen LogP contribution in [0.4, 0.5) is 4.79 Å². The van der Waals surface area contributed by atoms with Gasteiger partial charge in [-0.05, 0) is 59.1 Å². The lowest BCUT2D eigenvalue weighted by atomic mass is 10.1. The smallest absolute Gasteiger partial charge is 0.429 e. The molecule has 1 unspecified atom stereocenters. The highest BCUT2D eigenvalue weighted by atomic mass is 16.6. The van der Waals surface area contributed by atoms with E-state index in [-0.39, 0.29) is 12.5 Å². The molecule has 1 aromatic carbocycles. The summed E-state index contributed by atoms with van der Waals surface area (Å²) < 4.78 is 5.48. The quantitative estimate of drug-likeness (QED) is 0.708. The number of carbonyl (C=O) groups excluding carboxylic acids is 4. The van der Waals surface area contributed by atoms with Crippen molar-refractivity contribution < 1.29 is 23.9 Å². The fourth-order valence-corrected chi connectivity index (χ4v) is 3.95. The van der Waals surface area contributed by atoms with Gasteiger partial charge in [-0.25, -0.2) is 14.8 Å². The molecule has 2 aliphatic heterocycles. The molecule has 0 N–H and O–H groups in total. The number of hydrogen-bond donors (Lipinski definition) is 0. The molecule has 0 spiro atoms. The summed E-state index contributed by atoms with van der Waals surface area (Å²) in [6.45, 7) is 9.22. The van der Waals surface area contributed by atoms with Crippen LogP contribution >= 0.6 is 0 Å². The maximum atomic E-state index is 13.6. The lowest BCUT2D eigenvalue weighted by molar-refractivity contribution is -0.162. The van der Waals surface area contributed by atoms with Gasteiger partial charge in [0.1, 0.15) is 11.6 Å². The van der Waals surface area contributed by atoms with E-state index < -0.39 is 35.5 Å². The highest BCUT2D eigenvalue weighted by molar-refractivity contribution is 6.22. The third-order valence-electron chi connectivity index (χ3n) is 5.31. The molecular weight excluding hydrogens is 386 g/mol. The Morgan fingerprint density at radius 1 is 1.13 bits per heavy atom. The van der Waals surface area contributed by atoms with Gasteiger partial charge >= 0.3 is 6.09 Å². The van der Waals surface area contributed by atoms with Gasteiger partial charge in [-0.1, -0.05) is 19.1 Å². The van der Waals surface area contributed by atoms with Crippen molar-refractivity contribution in [1.82, 2.24) is 14.9 Å². The van der Waals surface area contributed by atoms with E-state index in [1.807, 2.05) is 6.92 Å². The fraction of sp³-hybridized carbons (Fsp3) is 0.545. The predicted molar refractivity (Wildman–Crippen MR) is 110 cm³/mol. The molecule has 2 aliphatic rings. The zero-order valence-corrected chi connectivity index (χ0v) is 18.2. The molecule has 0 radical (unpaired) electrons. The number of rotatable bonds is 3. The Labute approximate surface area is 176 Å². The zero-order valence-electron chi connectivity index (χ0n) is 18.2. The molecule has 1 fully saturated rings. The monoisotopic (exact) mass is 415 g/mol. The summed E-state index contributed by atoms with van der Waals surface area (Å²) in [5.74, 6) is -1.42. The standard InChI is InChI=1S/C22H29N3O5/c1-6-17(24-18(26)15-11-7-8-12-16(15)19(24)27)20(28)25-14(2)10-9-13-23(25)21(29)30-22(3,4)5/h7-8,11-12,14,17H,6,9-10,13H2,1-5H3/t14?,17-/m0/s1. The number of nitrogens with zero attached hydrogens (tertiary/aromatic N) is 3. The molecule has 1 saturated heterocycles. The van der Waals surface area contributed by atoms with E-state index in [1.54, 1.807) is 52.0 Å². The number of hydrazine groups is 1. The van der Waals surface area contributed by atoms with Crippen LogP contribution in [0.5, 0.6) is 0 Å². The number of carbonyl (C=O) groups is 4. The lowest BCUT2D eigenvalue weighted by Gasteiger charge is -2.44. The second kappa shape index (κ2) is 8.08. The Kier molecular flexibility index (Phi) is 5.87. The van der Waals surface area contributed by atoms with E-state index in [2.05, 4.69) is 0 Å². The Morgan fingerprint density at radius 3 is 2.20 bits per heavy atom. The number of imide groups is 1. The summed E-state index contributed by atoms with van der Waals surface area (Å²) in [5.41, 5.74) is -0.118. The summed E-state index contributed by atoms with van der Waals surface area (Å²) in [7, 11) is 0. The van der Waals surface area contributed by atoms with Gasteiger partial charge < -0.3 is 4.74 Å². The maximum Gasteiger partial charge on any atom is 0.429 e. The van der Waals surface area contributed by atoms with Gasteiger partial charge in [0.05, 0.1) is 17.2 Å². The van der Waals surface area contributed by atoms with Gasteiger partial charge in [-0.3, -0.25) is 19.3 Å². The van der Waals surface area contributed by atoms with Crippen molar-refractivity contribution in [2.75, 3.05) is 6.54 Å². The number of hydrogen-bond acceptors (Lipinski definition) is 5. The molecule has 1 aromatic rings. The second-order valence-corrected chi connectivity index (χ2v) is 8.73. The first-order valence-electron chi connectivity index (χ1n) is 10.4. The lowest BCUT2D eigenvalue weighted by Crippen LogP contribution is -2.62. The van der Waals surface area contributed by atoms with Gasteiger partial charge in [-0.15, -0.1) is 0 Å². The highest BCUT2D eigenvalue weighted by Gasteiger charge is 2.46. The van der Waals surface area contributed by atoms with Crippen molar-refractivity contribution in [2.45, 2.75) is 71.6 Å². The van der Waals surface area contributed by atoms with Crippen molar-refractivity contribution >= 4 is 23.8 Å². The zero-order chi connectivity index (χ0) is 22.2. The normalized spacial score (nSPS) is 20.3. The molecule has 30 heavy (non-hydrogen) atoms. The number of benzene rings is 1. The van der Waals surface area contributed by atoms with Gasteiger partial charge in [0, 0.05) is 6.54 Å². The second-order valence-electron chi connectivity index (χ2n) is 8.73. The molecular formula is C22H29N3O5. The largest absolute Gasteiger partial charge is 0.442 e. The van der Waals surface area contributed by atoms with Crippen LogP contribution < -0.4 is 0 Å². The van der Waals surface area contributed by atoms with Gasteiger partial charge in [0.2, 0.25) is 0 Å². The Morgan fingerprint density at radius 2 is 1.70 bits per heavy atom. The van der Waals surface area contributed by atoms with Gasteiger partial charge in [0.15, 0.2) is 0 Å². The van der Waals surface area contributed by atoms with Crippen molar-refractivity contribution in [3.8, 4) is 0 Å². The topological polar surface area (TPSA) is 87.2 Å². The third-order valence-corrected chi connectivity index (χ3v) is 5.31. The maximum absolute atomic E-state index is 13.6. The van der Waals surface area contributed by atoms with Crippen molar-refractivity contribution in [3.05, 3.63) is 35.4 Å².